The van der Waals surface area contributed by atoms with Crippen molar-refractivity contribution in [1.82, 2.24) is 4.98 Å². The lowest BCUT2D eigenvalue weighted by molar-refractivity contribution is -0.132. The molecule has 2 heterocycles. The molecule has 1 atom stereocenters. The zero-order chi connectivity index (χ0) is 26.8. The molecule has 0 bridgehead atoms. The van der Waals surface area contributed by atoms with Gasteiger partial charge in [0.05, 0.1) is 17.3 Å². The van der Waals surface area contributed by atoms with E-state index in [1.807, 2.05) is 30.3 Å². The minimum Gasteiger partial charge on any atom is -0.507 e. The van der Waals surface area contributed by atoms with Crippen molar-refractivity contribution in [2.45, 2.75) is 19.6 Å². The Morgan fingerprint density at radius 2 is 1.79 bits per heavy atom. The number of Topliss-reactive ketones (excluding diaryl/α,β-unsaturated/α-hetero) is 1. The lowest BCUT2D eigenvalue weighted by Gasteiger charge is -2.25. The fourth-order valence-electron chi connectivity index (χ4n) is 4.45. The number of carbonyl (C=O) groups excluding carboxylic acids is 2. The van der Waals surface area contributed by atoms with Gasteiger partial charge in [0.15, 0.2) is 0 Å². The number of ether oxygens (including phenoxy) is 1. The molecule has 1 aliphatic rings. The number of amides is 1. The summed E-state index contributed by atoms with van der Waals surface area (Å²) in [7, 11) is 0. The molecule has 1 aromatic heterocycles. The molecule has 4 aromatic rings. The van der Waals surface area contributed by atoms with Gasteiger partial charge in [0, 0.05) is 24.0 Å². The number of hydrogen-bond acceptors (Lipinski definition) is 5. The van der Waals surface area contributed by atoms with Crippen LogP contribution >= 0.6 is 0 Å². The average molecular weight is 513 g/mol. The van der Waals surface area contributed by atoms with E-state index in [1.54, 1.807) is 37.3 Å². The van der Waals surface area contributed by atoms with Gasteiger partial charge in [-0.3, -0.25) is 19.5 Å². The van der Waals surface area contributed by atoms with Gasteiger partial charge in [-0.05, 0) is 60.0 Å². The highest BCUT2D eigenvalue weighted by Gasteiger charge is 2.48. The molecule has 0 spiro atoms. The molecule has 3 aromatic carbocycles. The molecule has 190 valence electrons. The topological polar surface area (TPSA) is 79.7 Å². The van der Waals surface area contributed by atoms with E-state index in [2.05, 4.69) is 4.98 Å². The van der Waals surface area contributed by atoms with Crippen LogP contribution in [0, 0.1) is 18.6 Å². The van der Waals surface area contributed by atoms with Crippen LogP contribution < -0.4 is 9.64 Å². The number of aliphatic hydroxyl groups is 1. The molecule has 1 N–H and O–H groups in total. The highest BCUT2D eigenvalue weighted by Crippen LogP contribution is 2.43. The predicted molar refractivity (Wildman–Crippen MR) is 137 cm³/mol. The van der Waals surface area contributed by atoms with Gasteiger partial charge in [0.1, 0.15) is 29.8 Å². The number of aryl methyl sites for hydroxylation is 1. The summed E-state index contributed by atoms with van der Waals surface area (Å²) in [4.78, 5) is 31.3. The van der Waals surface area contributed by atoms with Crippen molar-refractivity contribution in [3.05, 3.63) is 131 Å². The second kappa shape index (κ2) is 10.3. The third-order valence-electron chi connectivity index (χ3n) is 6.30. The number of rotatable bonds is 6. The van der Waals surface area contributed by atoms with Crippen LogP contribution in [0.25, 0.3) is 5.76 Å². The van der Waals surface area contributed by atoms with Crippen molar-refractivity contribution < 1.29 is 28.2 Å². The molecule has 0 radical (unpaired) electrons. The van der Waals surface area contributed by atoms with Crippen molar-refractivity contribution in [3.63, 3.8) is 0 Å². The molecular formula is C30H22F2N2O4. The third kappa shape index (κ3) is 4.64. The second-order valence-electron chi connectivity index (χ2n) is 8.81. The molecule has 1 amide bonds. The highest BCUT2D eigenvalue weighted by molar-refractivity contribution is 6.51. The molecule has 38 heavy (non-hydrogen) atoms. The van der Waals surface area contributed by atoms with E-state index in [-0.39, 0.29) is 11.1 Å². The first-order chi connectivity index (χ1) is 18.3. The number of anilines is 1. The van der Waals surface area contributed by atoms with E-state index in [0.717, 1.165) is 28.7 Å². The van der Waals surface area contributed by atoms with E-state index in [4.69, 9.17) is 4.74 Å². The maximum Gasteiger partial charge on any atom is 0.300 e. The number of hydrogen-bond donors (Lipinski definition) is 1. The van der Waals surface area contributed by atoms with Gasteiger partial charge >= 0.3 is 0 Å². The molecule has 0 saturated carbocycles. The molecular weight excluding hydrogens is 490 g/mol. The van der Waals surface area contributed by atoms with Gasteiger partial charge in [-0.1, -0.05) is 36.4 Å². The van der Waals surface area contributed by atoms with Crippen LogP contribution in [0.15, 0.2) is 96.8 Å². The van der Waals surface area contributed by atoms with Gasteiger partial charge in [-0.15, -0.1) is 0 Å². The first kappa shape index (κ1) is 24.8. The number of aromatic nitrogens is 1. The first-order valence-electron chi connectivity index (χ1n) is 11.8. The smallest absolute Gasteiger partial charge is 0.300 e. The fourth-order valence-corrected chi connectivity index (χ4v) is 4.45. The van der Waals surface area contributed by atoms with Crippen molar-refractivity contribution in [1.29, 1.82) is 0 Å². The Kier molecular flexibility index (Phi) is 6.70. The standard InChI is InChI=1S/C30H22F2N2O4/c1-18-14-20(9-12-25(18)38-17-19-6-3-2-4-7-19)28(35)26-27(21-8-5-13-33-16-21)34(30(37)29(26)36)24-15-22(31)10-11-23(24)32/h2-16,27,35H,17H2,1H3/b28-26+. The van der Waals surface area contributed by atoms with Crippen LogP contribution in [0.4, 0.5) is 14.5 Å². The summed E-state index contributed by atoms with van der Waals surface area (Å²) >= 11 is 0. The van der Waals surface area contributed by atoms with Crippen molar-refractivity contribution in [2.24, 2.45) is 0 Å². The molecule has 0 aliphatic carbocycles. The fraction of sp³-hybridized carbons (Fsp3) is 0.100. The van der Waals surface area contributed by atoms with Crippen molar-refractivity contribution >= 4 is 23.1 Å². The Labute approximate surface area is 217 Å². The second-order valence-corrected chi connectivity index (χ2v) is 8.81. The van der Waals surface area contributed by atoms with Gasteiger partial charge in [-0.25, -0.2) is 8.78 Å². The van der Waals surface area contributed by atoms with E-state index in [1.165, 1.54) is 12.4 Å². The monoisotopic (exact) mass is 512 g/mol. The molecule has 1 fully saturated rings. The van der Waals surface area contributed by atoms with Gasteiger partial charge in [0.2, 0.25) is 0 Å². The zero-order valence-corrected chi connectivity index (χ0v) is 20.3. The maximum absolute atomic E-state index is 14.8. The van der Waals surface area contributed by atoms with Gasteiger partial charge < -0.3 is 9.84 Å². The third-order valence-corrected chi connectivity index (χ3v) is 6.30. The summed E-state index contributed by atoms with van der Waals surface area (Å²) < 4.78 is 34.7. The minimum atomic E-state index is -1.23. The number of benzene rings is 3. The van der Waals surface area contributed by atoms with Crippen LogP contribution in [-0.4, -0.2) is 21.8 Å². The summed E-state index contributed by atoms with van der Waals surface area (Å²) in [6.45, 7) is 2.13. The van der Waals surface area contributed by atoms with Crippen LogP contribution in [0.5, 0.6) is 5.75 Å². The number of ketones is 1. The van der Waals surface area contributed by atoms with E-state index < -0.39 is 40.8 Å². The maximum atomic E-state index is 14.8. The van der Waals surface area contributed by atoms with Gasteiger partial charge in [0.25, 0.3) is 11.7 Å². The number of nitrogens with zero attached hydrogens (tertiary/aromatic N) is 2. The SMILES string of the molecule is Cc1cc(/C(O)=C2\C(=O)C(=O)N(c3cc(F)ccc3F)C2c2cccnc2)ccc1OCc1ccccc1. The molecule has 1 saturated heterocycles. The van der Waals surface area contributed by atoms with E-state index in [9.17, 15) is 23.5 Å². The van der Waals surface area contributed by atoms with Crippen LogP contribution in [0.1, 0.15) is 28.3 Å². The summed E-state index contributed by atoms with van der Waals surface area (Å²) in [5.41, 5.74) is 1.61. The van der Waals surface area contributed by atoms with Crippen molar-refractivity contribution in [2.75, 3.05) is 4.90 Å². The summed E-state index contributed by atoms with van der Waals surface area (Å²) in [5.74, 6) is -3.66. The zero-order valence-electron chi connectivity index (χ0n) is 20.3. The Hall–Kier alpha value is -4.85. The predicted octanol–water partition coefficient (Wildman–Crippen LogP) is 5.87. The number of aliphatic hydroxyl groups excluding tert-OH is 1. The van der Waals surface area contributed by atoms with Crippen LogP contribution in [0.3, 0.4) is 0 Å². The summed E-state index contributed by atoms with van der Waals surface area (Å²) in [6, 6.07) is 19.1. The lowest BCUT2D eigenvalue weighted by atomic mass is 9.95. The van der Waals surface area contributed by atoms with Crippen molar-refractivity contribution in [3.8, 4) is 5.75 Å². The Balaban J connectivity index is 1.57. The molecule has 6 nitrogen and oxygen atoms in total. The Bertz CT molecular complexity index is 1560. The van der Waals surface area contributed by atoms with Crippen LogP contribution in [-0.2, 0) is 16.2 Å². The van der Waals surface area contributed by atoms with E-state index >= 15 is 0 Å². The summed E-state index contributed by atoms with van der Waals surface area (Å²) in [5, 5.41) is 11.3. The molecule has 5 rings (SSSR count). The first-order valence-corrected chi connectivity index (χ1v) is 11.8. The highest BCUT2D eigenvalue weighted by atomic mass is 19.1. The summed E-state index contributed by atoms with van der Waals surface area (Å²) in [6.07, 6.45) is 2.90. The normalized spacial score (nSPS) is 16.6. The lowest BCUT2D eigenvalue weighted by Crippen LogP contribution is -2.30. The van der Waals surface area contributed by atoms with Crippen LogP contribution in [0.2, 0.25) is 0 Å². The molecule has 8 heteroatoms. The largest absolute Gasteiger partial charge is 0.507 e. The number of pyridine rings is 1. The Morgan fingerprint density at radius 1 is 1.00 bits per heavy atom. The number of halogens is 2. The van der Waals surface area contributed by atoms with E-state index in [0.29, 0.717) is 23.5 Å². The molecule has 1 unspecified atom stereocenters. The average Bonchev–Trinajstić information content (AvgIpc) is 3.20. The molecule has 1 aliphatic heterocycles. The Morgan fingerprint density at radius 3 is 2.50 bits per heavy atom. The van der Waals surface area contributed by atoms with Gasteiger partial charge in [-0.2, -0.15) is 0 Å². The number of carbonyl (C=O) groups is 2. The quantitative estimate of drug-likeness (QED) is 0.199. The minimum absolute atomic E-state index is 0.260.